The van der Waals surface area contributed by atoms with Crippen LogP contribution in [0.2, 0.25) is 0 Å². The van der Waals surface area contributed by atoms with Crippen molar-refractivity contribution in [3.05, 3.63) is 76.4 Å². The number of aromatic nitrogens is 3. The summed E-state index contributed by atoms with van der Waals surface area (Å²) in [6, 6.07) is 13.6. The number of methoxy groups -OCH3 is 1. The number of ether oxygens (including phenoxy) is 2. The first-order valence-electron chi connectivity index (χ1n) is 11.6. The van der Waals surface area contributed by atoms with E-state index in [1.54, 1.807) is 41.2 Å². The summed E-state index contributed by atoms with van der Waals surface area (Å²) in [7, 11) is 1.52. The summed E-state index contributed by atoms with van der Waals surface area (Å²) >= 11 is 0. The Bertz CT molecular complexity index is 1490. The van der Waals surface area contributed by atoms with E-state index in [1.165, 1.54) is 18.1 Å². The van der Waals surface area contributed by atoms with E-state index < -0.39 is 17.3 Å². The lowest BCUT2D eigenvalue weighted by molar-refractivity contribution is -0.114. The number of Topliss-reactive ketones (excluding diaryl/α,β-unsaturated/α-hetero) is 1. The molecule has 0 saturated heterocycles. The Labute approximate surface area is 206 Å². The van der Waals surface area contributed by atoms with Gasteiger partial charge in [0, 0.05) is 13.1 Å². The Kier molecular flexibility index (Phi) is 6.48. The van der Waals surface area contributed by atoms with Gasteiger partial charge in [0.15, 0.2) is 0 Å². The molecule has 2 aromatic heterocycles. The van der Waals surface area contributed by atoms with Gasteiger partial charge in [-0.3, -0.25) is 14.3 Å². The molecule has 0 aliphatic carbocycles. The van der Waals surface area contributed by atoms with Crippen LogP contribution in [0.5, 0.6) is 11.5 Å². The molecule has 184 valence electrons. The number of carbonyl (C=O) groups excluding carboxylic acids is 2. The Hall–Kier alpha value is -4.47. The molecule has 0 atom stereocenters. The minimum Gasteiger partial charge on any atom is -0.497 e. The van der Waals surface area contributed by atoms with Gasteiger partial charge in [0.2, 0.25) is 0 Å². The highest BCUT2D eigenvalue weighted by molar-refractivity contribution is 6.52. The van der Waals surface area contributed by atoms with Gasteiger partial charge in [-0.1, -0.05) is 17.3 Å². The van der Waals surface area contributed by atoms with Gasteiger partial charge < -0.3 is 18.8 Å². The summed E-state index contributed by atoms with van der Waals surface area (Å²) < 4.78 is 17.9. The van der Waals surface area contributed by atoms with Crippen molar-refractivity contribution in [1.82, 2.24) is 15.0 Å². The molecule has 1 aliphatic rings. The van der Waals surface area contributed by atoms with Gasteiger partial charge in [-0.25, -0.2) is 4.79 Å². The molecule has 4 aromatic rings. The van der Waals surface area contributed by atoms with Crippen LogP contribution in [0.25, 0.3) is 11.0 Å². The summed E-state index contributed by atoms with van der Waals surface area (Å²) in [6.45, 7) is 1.30. The number of unbranched alkanes of at least 4 members (excludes halogenated alkanes) is 2. The molecule has 3 heterocycles. The van der Waals surface area contributed by atoms with E-state index in [0.717, 1.165) is 19.3 Å². The average molecular weight is 489 g/mol. The number of benzene rings is 2. The Morgan fingerprint density at radius 1 is 0.972 bits per heavy atom. The number of nitrogens with zero attached hydrogens (tertiary/aromatic N) is 4. The highest BCUT2D eigenvalue weighted by atomic mass is 16.5. The Morgan fingerprint density at radius 2 is 1.81 bits per heavy atom. The predicted octanol–water partition coefficient (Wildman–Crippen LogP) is 3.37. The van der Waals surface area contributed by atoms with Crippen LogP contribution < -0.4 is 20.0 Å². The van der Waals surface area contributed by atoms with Crippen LogP contribution in [0.4, 0.5) is 5.69 Å². The summed E-state index contributed by atoms with van der Waals surface area (Å²) in [4.78, 5) is 38.0. The van der Waals surface area contributed by atoms with Crippen LogP contribution in [0.3, 0.4) is 0 Å². The van der Waals surface area contributed by atoms with Crippen LogP contribution in [0.1, 0.15) is 35.3 Å². The predicted molar refractivity (Wildman–Crippen MR) is 130 cm³/mol. The summed E-state index contributed by atoms with van der Waals surface area (Å²) in [5.41, 5.74) is 1.65. The second-order valence-corrected chi connectivity index (χ2v) is 8.42. The van der Waals surface area contributed by atoms with Crippen molar-refractivity contribution in [2.45, 2.75) is 32.4 Å². The fourth-order valence-electron chi connectivity index (χ4n) is 4.22. The number of para-hydroxylation sites is 1. The van der Waals surface area contributed by atoms with Crippen molar-refractivity contribution in [2.24, 2.45) is 0 Å². The smallest absolute Gasteiger partial charge is 0.339 e. The highest BCUT2D eigenvalue weighted by Crippen LogP contribution is 2.32. The second-order valence-electron chi connectivity index (χ2n) is 8.42. The molecular formula is C26H24N4O6. The zero-order valence-electron chi connectivity index (χ0n) is 19.7. The van der Waals surface area contributed by atoms with Crippen molar-refractivity contribution in [3.8, 4) is 11.5 Å². The molecule has 5 rings (SSSR count). The van der Waals surface area contributed by atoms with E-state index >= 15 is 0 Å². The first-order valence-corrected chi connectivity index (χ1v) is 11.6. The van der Waals surface area contributed by atoms with Crippen molar-refractivity contribution in [3.63, 3.8) is 0 Å². The first kappa shape index (κ1) is 23.3. The number of anilines is 1. The van der Waals surface area contributed by atoms with E-state index in [9.17, 15) is 14.4 Å². The van der Waals surface area contributed by atoms with Crippen LogP contribution in [-0.4, -0.2) is 40.3 Å². The zero-order chi connectivity index (χ0) is 25.1. The summed E-state index contributed by atoms with van der Waals surface area (Å²) in [5.74, 6) is -0.00253. The van der Waals surface area contributed by atoms with Gasteiger partial charge in [0.05, 0.1) is 36.0 Å². The van der Waals surface area contributed by atoms with Crippen LogP contribution >= 0.6 is 0 Å². The monoisotopic (exact) mass is 488 g/mol. The fraction of sp³-hybridized carbons (Fsp3) is 0.269. The topological polar surface area (TPSA) is 117 Å². The lowest BCUT2D eigenvalue weighted by Crippen LogP contribution is -2.30. The maximum absolute atomic E-state index is 12.4. The Morgan fingerprint density at radius 3 is 2.67 bits per heavy atom. The molecule has 0 unspecified atom stereocenters. The number of rotatable bonds is 10. The number of aryl methyl sites for hydroxylation is 1. The van der Waals surface area contributed by atoms with Gasteiger partial charge in [0.25, 0.3) is 11.7 Å². The number of hydrogen-bond donors (Lipinski definition) is 0. The highest BCUT2D eigenvalue weighted by Gasteiger charge is 2.35. The molecule has 10 nitrogen and oxygen atoms in total. The van der Waals surface area contributed by atoms with Crippen LogP contribution in [0.15, 0.2) is 63.9 Å². The molecule has 36 heavy (non-hydrogen) atoms. The summed E-state index contributed by atoms with van der Waals surface area (Å²) in [6.07, 6.45) is 4.24. The van der Waals surface area contributed by atoms with E-state index in [0.29, 0.717) is 52.5 Å². The third-order valence-corrected chi connectivity index (χ3v) is 6.02. The van der Waals surface area contributed by atoms with Gasteiger partial charge in [-0.05, 0) is 49.6 Å². The molecule has 1 amide bonds. The third-order valence-electron chi connectivity index (χ3n) is 6.02. The quantitative estimate of drug-likeness (QED) is 0.189. The molecule has 10 heteroatoms. The van der Waals surface area contributed by atoms with Crippen LogP contribution in [-0.2, 0) is 17.9 Å². The number of amides is 1. The van der Waals surface area contributed by atoms with Crippen molar-refractivity contribution in [2.75, 3.05) is 18.6 Å². The third kappa shape index (κ3) is 4.70. The van der Waals surface area contributed by atoms with Crippen molar-refractivity contribution >= 4 is 28.3 Å². The van der Waals surface area contributed by atoms with E-state index in [-0.39, 0.29) is 6.61 Å². The first-order chi connectivity index (χ1) is 17.5. The standard InChI is InChI=1S/C26H24N4O6/c1-34-18-9-10-21-20(13-18)25(32)26(33)30(21)12-6-2-5-11-29-15-17(27-28-29)16-35-23-14-24(31)36-22-8-4-3-7-19(22)23/h3-4,7-10,13-15H,2,5-6,11-12,16H2,1H3. The molecule has 2 aromatic carbocycles. The van der Waals surface area contributed by atoms with E-state index in [4.69, 9.17) is 13.9 Å². The normalized spacial score (nSPS) is 12.9. The van der Waals surface area contributed by atoms with Gasteiger partial charge >= 0.3 is 5.63 Å². The lowest BCUT2D eigenvalue weighted by atomic mass is 10.1. The average Bonchev–Trinajstić information content (AvgIpc) is 3.44. The SMILES string of the molecule is COc1ccc2c(c1)C(=O)C(=O)N2CCCCCn1cc(COc2cc(=O)oc3ccccc23)nn1. The maximum atomic E-state index is 12.4. The molecule has 0 bridgehead atoms. The van der Waals surface area contributed by atoms with Gasteiger partial charge in [-0.2, -0.15) is 0 Å². The second kappa shape index (κ2) is 10.0. The van der Waals surface area contributed by atoms with Crippen LogP contribution in [0, 0.1) is 0 Å². The summed E-state index contributed by atoms with van der Waals surface area (Å²) in [5, 5.41) is 8.99. The lowest BCUT2D eigenvalue weighted by Gasteiger charge is -2.16. The molecule has 0 N–H and O–H groups in total. The molecule has 1 aliphatic heterocycles. The Balaban J connectivity index is 1.10. The maximum Gasteiger partial charge on any atom is 0.339 e. The molecule has 0 fully saturated rings. The van der Waals surface area contributed by atoms with Crippen molar-refractivity contribution < 1.29 is 23.5 Å². The van der Waals surface area contributed by atoms with Gasteiger partial charge in [-0.15, -0.1) is 5.10 Å². The molecule has 0 saturated carbocycles. The fourth-order valence-corrected chi connectivity index (χ4v) is 4.22. The molecule has 0 spiro atoms. The minimum absolute atomic E-state index is 0.169. The van der Waals surface area contributed by atoms with Gasteiger partial charge in [0.1, 0.15) is 29.4 Å². The number of ketones is 1. The minimum atomic E-state index is -0.497. The van der Waals surface area contributed by atoms with Crippen molar-refractivity contribution in [1.29, 1.82) is 0 Å². The largest absolute Gasteiger partial charge is 0.497 e. The molecule has 0 radical (unpaired) electrons. The number of carbonyl (C=O) groups is 2. The zero-order valence-corrected chi connectivity index (χ0v) is 19.7. The molecular weight excluding hydrogens is 464 g/mol. The van der Waals surface area contributed by atoms with E-state index in [2.05, 4.69) is 10.3 Å². The van der Waals surface area contributed by atoms with E-state index in [1.807, 2.05) is 12.1 Å². The number of fused-ring (bicyclic) bond motifs is 2. The number of hydrogen-bond acceptors (Lipinski definition) is 8.